The van der Waals surface area contributed by atoms with Crippen molar-refractivity contribution in [1.29, 1.82) is 0 Å². The second-order valence-corrected chi connectivity index (χ2v) is 5.41. The van der Waals surface area contributed by atoms with Crippen molar-refractivity contribution in [1.82, 2.24) is 0 Å². The third kappa shape index (κ3) is 3.33. The third-order valence-corrected chi connectivity index (χ3v) is 4.03. The first-order chi connectivity index (χ1) is 9.17. The Morgan fingerprint density at radius 2 is 2.26 bits per heavy atom. The van der Waals surface area contributed by atoms with Crippen LogP contribution in [0.2, 0.25) is 0 Å². The fourth-order valence-corrected chi connectivity index (χ4v) is 2.86. The molecule has 0 radical (unpaired) electrons. The molecule has 0 fully saturated rings. The second-order valence-electron chi connectivity index (χ2n) is 4.85. The van der Waals surface area contributed by atoms with Crippen molar-refractivity contribution < 1.29 is 9.47 Å². The molecular formula is C16H21BrO2. The van der Waals surface area contributed by atoms with E-state index < -0.39 is 0 Å². The summed E-state index contributed by atoms with van der Waals surface area (Å²) in [6.07, 6.45) is 4.47. The lowest BCUT2D eigenvalue weighted by Crippen LogP contribution is -2.05. The van der Waals surface area contributed by atoms with Gasteiger partial charge in [0.05, 0.1) is 6.61 Å². The molecule has 1 aromatic rings. The Hall–Kier alpha value is -0.960. The van der Waals surface area contributed by atoms with Crippen LogP contribution in [0.15, 0.2) is 17.7 Å². The topological polar surface area (TPSA) is 18.5 Å². The minimum atomic E-state index is 0.269. The lowest BCUT2D eigenvalue weighted by atomic mass is 10.0. The number of benzene rings is 1. The molecule has 1 aliphatic rings. The molecular weight excluding hydrogens is 304 g/mol. The van der Waals surface area contributed by atoms with Gasteiger partial charge in [-0.25, -0.2) is 0 Å². The van der Waals surface area contributed by atoms with Crippen LogP contribution in [0.25, 0.3) is 6.08 Å². The normalized spacial score (nSPS) is 18.1. The SMILES string of the molecule is CCOc1cc2c(cc1C=C(CC)CBr)OC(C)C2. The molecule has 1 unspecified atom stereocenters. The Morgan fingerprint density at radius 1 is 1.47 bits per heavy atom. The lowest BCUT2D eigenvalue weighted by Gasteiger charge is -2.11. The number of hydrogen-bond acceptors (Lipinski definition) is 2. The van der Waals surface area contributed by atoms with Crippen LogP contribution >= 0.6 is 15.9 Å². The molecule has 0 aromatic heterocycles. The lowest BCUT2D eigenvalue weighted by molar-refractivity contribution is 0.254. The maximum absolute atomic E-state index is 5.83. The predicted molar refractivity (Wildman–Crippen MR) is 83.5 cm³/mol. The quantitative estimate of drug-likeness (QED) is 0.737. The average Bonchev–Trinajstić information content (AvgIpc) is 2.75. The third-order valence-electron chi connectivity index (χ3n) is 3.31. The predicted octanol–water partition coefficient (Wildman–Crippen LogP) is 4.60. The Balaban J connectivity index is 2.41. The average molecular weight is 325 g/mol. The summed E-state index contributed by atoms with van der Waals surface area (Å²) >= 11 is 3.53. The van der Waals surface area contributed by atoms with Gasteiger partial charge in [-0.05, 0) is 32.4 Å². The van der Waals surface area contributed by atoms with Crippen LogP contribution < -0.4 is 9.47 Å². The largest absolute Gasteiger partial charge is 0.493 e. The highest BCUT2D eigenvalue weighted by atomic mass is 79.9. The van der Waals surface area contributed by atoms with E-state index in [1.165, 1.54) is 11.1 Å². The number of alkyl halides is 1. The van der Waals surface area contributed by atoms with E-state index in [1.54, 1.807) is 0 Å². The number of allylic oxidation sites excluding steroid dienone is 1. The number of hydrogen-bond donors (Lipinski definition) is 0. The molecule has 0 bridgehead atoms. The van der Waals surface area contributed by atoms with Crippen molar-refractivity contribution in [3.05, 3.63) is 28.8 Å². The molecule has 1 aromatic carbocycles. The summed E-state index contributed by atoms with van der Waals surface area (Å²) in [6, 6.07) is 4.25. The van der Waals surface area contributed by atoms with Gasteiger partial charge in [-0.15, -0.1) is 0 Å². The molecule has 0 aliphatic carbocycles. The van der Waals surface area contributed by atoms with Crippen molar-refractivity contribution >= 4 is 22.0 Å². The molecule has 0 N–H and O–H groups in total. The summed E-state index contributed by atoms with van der Waals surface area (Å²) < 4.78 is 11.6. The van der Waals surface area contributed by atoms with Gasteiger partial charge in [-0.2, -0.15) is 0 Å². The van der Waals surface area contributed by atoms with E-state index in [2.05, 4.69) is 48.0 Å². The zero-order chi connectivity index (χ0) is 13.8. The summed E-state index contributed by atoms with van der Waals surface area (Å²) in [6.45, 7) is 6.97. The molecule has 1 atom stereocenters. The Bertz CT molecular complexity index is 474. The molecule has 2 nitrogen and oxygen atoms in total. The van der Waals surface area contributed by atoms with E-state index in [-0.39, 0.29) is 6.10 Å². The van der Waals surface area contributed by atoms with Gasteiger partial charge in [0.1, 0.15) is 17.6 Å². The van der Waals surface area contributed by atoms with Gasteiger partial charge in [-0.3, -0.25) is 0 Å². The van der Waals surface area contributed by atoms with Gasteiger partial charge >= 0.3 is 0 Å². The molecule has 0 saturated carbocycles. The van der Waals surface area contributed by atoms with Crippen molar-refractivity contribution in [3.63, 3.8) is 0 Å². The highest BCUT2D eigenvalue weighted by Gasteiger charge is 2.21. The molecule has 1 aliphatic heterocycles. The molecule has 0 spiro atoms. The fraction of sp³-hybridized carbons (Fsp3) is 0.500. The van der Waals surface area contributed by atoms with Crippen LogP contribution in [-0.4, -0.2) is 18.0 Å². The molecule has 0 amide bonds. The van der Waals surface area contributed by atoms with Gasteiger partial charge in [0.2, 0.25) is 0 Å². The summed E-state index contributed by atoms with van der Waals surface area (Å²) in [5.41, 5.74) is 3.72. The highest BCUT2D eigenvalue weighted by molar-refractivity contribution is 9.09. The van der Waals surface area contributed by atoms with Gasteiger partial charge in [-0.1, -0.05) is 34.5 Å². The van der Waals surface area contributed by atoms with Gasteiger partial charge < -0.3 is 9.47 Å². The monoisotopic (exact) mass is 324 g/mol. The maximum Gasteiger partial charge on any atom is 0.127 e. The molecule has 104 valence electrons. The first-order valence-electron chi connectivity index (χ1n) is 6.89. The minimum absolute atomic E-state index is 0.269. The highest BCUT2D eigenvalue weighted by Crippen LogP contribution is 2.36. The Kier molecular flexibility index (Phi) is 4.92. The van der Waals surface area contributed by atoms with E-state index in [0.717, 1.165) is 35.2 Å². The fourth-order valence-electron chi connectivity index (χ4n) is 2.30. The van der Waals surface area contributed by atoms with Gasteiger partial charge in [0.25, 0.3) is 0 Å². The molecule has 0 saturated heterocycles. The van der Waals surface area contributed by atoms with Crippen molar-refractivity contribution in [3.8, 4) is 11.5 Å². The Morgan fingerprint density at radius 3 is 2.89 bits per heavy atom. The van der Waals surface area contributed by atoms with Crippen molar-refractivity contribution in [2.45, 2.75) is 39.7 Å². The number of halogens is 1. The van der Waals surface area contributed by atoms with Gasteiger partial charge in [0, 0.05) is 22.9 Å². The molecule has 3 heteroatoms. The van der Waals surface area contributed by atoms with E-state index in [0.29, 0.717) is 6.61 Å². The minimum Gasteiger partial charge on any atom is -0.493 e. The summed E-state index contributed by atoms with van der Waals surface area (Å²) in [5.74, 6) is 1.97. The number of rotatable bonds is 5. The zero-order valence-corrected chi connectivity index (χ0v) is 13.4. The smallest absolute Gasteiger partial charge is 0.127 e. The number of fused-ring (bicyclic) bond motifs is 1. The first-order valence-corrected chi connectivity index (χ1v) is 8.01. The molecule has 19 heavy (non-hydrogen) atoms. The van der Waals surface area contributed by atoms with Crippen molar-refractivity contribution in [2.75, 3.05) is 11.9 Å². The zero-order valence-electron chi connectivity index (χ0n) is 11.8. The second kappa shape index (κ2) is 6.47. The van der Waals surface area contributed by atoms with E-state index >= 15 is 0 Å². The van der Waals surface area contributed by atoms with E-state index in [4.69, 9.17) is 9.47 Å². The van der Waals surface area contributed by atoms with Crippen LogP contribution in [-0.2, 0) is 6.42 Å². The van der Waals surface area contributed by atoms with Crippen LogP contribution in [0.1, 0.15) is 38.3 Å². The molecule has 2 rings (SSSR count). The maximum atomic E-state index is 5.83. The summed E-state index contributed by atoms with van der Waals surface area (Å²) in [5, 5.41) is 0.892. The van der Waals surface area contributed by atoms with Gasteiger partial charge in [0.15, 0.2) is 0 Å². The van der Waals surface area contributed by atoms with Crippen molar-refractivity contribution in [2.24, 2.45) is 0 Å². The van der Waals surface area contributed by atoms with Crippen LogP contribution in [0.3, 0.4) is 0 Å². The van der Waals surface area contributed by atoms with Crippen LogP contribution in [0.5, 0.6) is 11.5 Å². The number of ether oxygens (including phenoxy) is 2. The van der Waals surface area contributed by atoms with Crippen LogP contribution in [0, 0.1) is 0 Å². The first kappa shape index (κ1) is 14.4. The standard InChI is InChI=1S/C16H21BrO2/c1-4-12(10-17)7-14-9-16-13(6-11(3)19-16)8-15(14)18-5-2/h7-9,11H,4-6,10H2,1-3H3. The summed E-state index contributed by atoms with van der Waals surface area (Å²) in [7, 11) is 0. The van der Waals surface area contributed by atoms with E-state index in [9.17, 15) is 0 Å². The Labute approximate surface area is 123 Å². The summed E-state index contributed by atoms with van der Waals surface area (Å²) in [4.78, 5) is 0. The van der Waals surface area contributed by atoms with E-state index in [1.807, 2.05) is 6.92 Å². The van der Waals surface area contributed by atoms with Crippen LogP contribution in [0.4, 0.5) is 0 Å². The molecule has 1 heterocycles.